The summed E-state index contributed by atoms with van der Waals surface area (Å²) < 4.78 is 35.0. The molecule has 3 rings (SSSR count). The summed E-state index contributed by atoms with van der Waals surface area (Å²) in [5.74, 6) is 0.426. The minimum Gasteiger partial charge on any atom is -0.466 e. The van der Waals surface area contributed by atoms with Gasteiger partial charge < -0.3 is 4.74 Å². The first-order valence-corrected chi connectivity index (χ1v) is 12.1. The van der Waals surface area contributed by atoms with E-state index in [4.69, 9.17) is 4.74 Å². The molecule has 2 saturated heterocycles. The highest BCUT2D eigenvalue weighted by molar-refractivity contribution is 7.89. The third-order valence-corrected chi connectivity index (χ3v) is 8.35. The second kappa shape index (κ2) is 9.14. The van der Waals surface area contributed by atoms with Crippen LogP contribution in [0.2, 0.25) is 0 Å². The predicted octanol–water partition coefficient (Wildman–Crippen LogP) is 2.15. The second-order valence-corrected chi connectivity index (χ2v) is 10.2. The maximum absolute atomic E-state index is 13.2. The van der Waals surface area contributed by atoms with E-state index in [-0.39, 0.29) is 11.9 Å². The van der Waals surface area contributed by atoms with Gasteiger partial charge in [-0.05, 0) is 52.4 Å². The first-order valence-electron chi connectivity index (χ1n) is 10.7. The molecule has 8 nitrogen and oxygen atoms in total. The Morgan fingerprint density at radius 3 is 2.31 bits per heavy atom. The number of nitrogens with zero attached hydrogens (tertiary/aromatic N) is 4. The van der Waals surface area contributed by atoms with Crippen molar-refractivity contribution in [2.75, 3.05) is 32.8 Å². The summed E-state index contributed by atoms with van der Waals surface area (Å²) in [4.78, 5) is 14.5. The highest BCUT2D eigenvalue weighted by atomic mass is 32.2. The van der Waals surface area contributed by atoms with Gasteiger partial charge in [0.25, 0.3) is 0 Å². The van der Waals surface area contributed by atoms with Crippen molar-refractivity contribution in [1.82, 2.24) is 19.0 Å². The van der Waals surface area contributed by atoms with E-state index in [2.05, 4.69) is 16.9 Å². The lowest BCUT2D eigenvalue weighted by molar-refractivity contribution is -0.149. The maximum atomic E-state index is 13.2. The SMILES string of the molecule is CCOC(=O)C1CCN(Cn2nc(C)c(S(=O)(=O)N3CCC(C)CC3)c2C)CC1. The van der Waals surface area contributed by atoms with E-state index in [9.17, 15) is 13.2 Å². The molecule has 164 valence electrons. The third-order valence-electron chi connectivity index (χ3n) is 6.20. The molecule has 0 saturated carbocycles. The van der Waals surface area contributed by atoms with Crippen LogP contribution in [0.4, 0.5) is 0 Å². The predicted molar refractivity (Wildman–Crippen MR) is 110 cm³/mol. The maximum Gasteiger partial charge on any atom is 0.309 e. The average Bonchev–Trinajstić information content (AvgIpc) is 2.96. The summed E-state index contributed by atoms with van der Waals surface area (Å²) in [5, 5.41) is 4.54. The van der Waals surface area contributed by atoms with Crippen molar-refractivity contribution in [3.8, 4) is 0 Å². The van der Waals surface area contributed by atoms with E-state index in [0.717, 1.165) is 38.8 Å². The van der Waals surface area contributed by atoms with Gasteiger partial charge in [0, 0.05) is 26.2 Å². The van der Waals surface area contributed by atoms with Gasteiger partial charge in [-0.15, -0.1) is 0 Å². The van der Waals surface area contributed by atoms with E-state index >= 15 is 0 Å². The van der Waals surface area contributed by atoms with E-state index in [0.29, 0.717) is 48.6 Å². The summed E-state index contributed by atoms with van der Waals surface area (Å²) >= 11 is 0. The minimum absolute atomic E-state index is 0.0379. The fraction of sp³-hybridized carbons (Fsp3) is 0.800. The molecule has 2 aliphatic rings. The first-order chi connectivity index (χ1) is 13.7. The van der Waals surface area contributed by atoms with E-state index in [1.807, 2.05) is 13.8 Å². The van der Waals surface area contributed by atoms with E-state index in [1.54, 1.807) is 15.9 Å². The number of sulfonamides is 1. The van der Waals surface area contributed by atoms with Crippen LogP contribution in [0.3, 0.4) is 0 Å². The van der Waals surface area contributed by atoms with Crippen molar-refractivity contribution in [1.29, 1.82) is 0 Å². The third kappa shape index (κ3) is 4.83. The number of carbonyl (C=O) groups excluding carboxylic acids is 1. The number of aromatic nitrogens is 2. The van der Waals surface area contributed by atoms with Crippen molar-refractivity contribution in [3.63, 3.8) is 0 Å². The van der Waals surface area contributed by atoms with Crippen LogP contribution in [-0.2, 0) is 26.2 Å². The number of hydrogen-bond acceptors (Lipinski definition) is 6. The van der Waals surface area contributed by atoms with Gasteiger partial charge in [0.2, 0.25) is 10.0 Å². The van der Waals surface area contributed by atoms with Gasteiger partial charge in [0.15, 0.2) is 0 Å². The Morgan fingerprint density at radius 1 is 1.10 bits per heavy atom. The summed E-state index contributed by atoms with van der Waals surface area (Å²) in [7, 11) is -3.52. The zero-order valence-electron chi connectivity index (χ0n) is 18.1. The highest BCUT2D eigenvalue weighted by Gasteiger charge is 2.33. The highest BCUT2D eigenvalue weighted by Crippen LogP contribution is 2.28. The summed E-state index contributed by atoms with van der Waals surface area (Å²) in [6.45, 7) is 11.3. The number of likely N-dealkylation sites (tertiary alicyclic amines) is 1. The summed E-state index contributed by atoms with van der Waals surface area (Å²) in [6, 6.07) is 0. The lowest BCUT2D eigenvalue weighted by atomic mass is 9.97. The van der Waals surface area contributed by atoms with Gasteiger partial charge in [-0.25, -0.2) is 8.42 Å². The molecule has 2 aliphatic heterocycles. The Morgan fingerprint density at radius 2 is 1.72 bits per heavy atom. The fourth-order valence-corrected chi connectivity index (χ4v) is 6.15. The molecule has 0 unspecified atom stereocenters. The molecule has 0 aliphatic carbocycles. The van der Waals surface area contributed by atoms with Gasteiger partial charge in [0.05, 0.1) is 30.6 Å². The molecular formula is C20H34N4O4S. The molecule has 0 radical (unpaired) electrons. The zero-order chi connectivity index (χ0) is 21.2. The van der Waals surface area contributed by atoms with Crippen molar-refractivity contribution in [2.45, 2.75) is 64.9 Å². The van der Waals surface area contributed by atoms with Crippen LogP contribution in [0.1, 0.15) is 50.9 Å². The van der Waals surface area contributed by atoms with Gasteiger partial charge in [-0.3, -0.25) is 14.4 Å². The monoisotopic (exact) mass is 426 g/mol. The lowest BCUT2D eigenvalue weighted by Gasteiger charge is -2.31. The van der Waals surface area contributed by atoms with Gasteiger partial charge in [-0.2, -0.15) is 9.40 Å². The summed E-state index contributed by atoms with van der Waals surface area (Å²) in [5.41, 5.74) is 1.25. The lowest BCUT2D eigenvalue weighted by Crippen LogP contribution is -2.39. The number of piperidine rings is 2. The van der Waals surface area contributed by atoms with Crippen LogP contribution >= 0.6 is 0 Å². The quantitative estimate of drug-likeness (QED) is 0.648. The Labute approximate surface area is 174 Å². The molecule has 9 heteroatoms. The molecule has 0 bridgehead atoms. The molecule has 0 aromatic carbocycles. The average molecular weight is 427 g/mol. The Bertz CT molecular complexity index is 820. The van der Waals surface area contributed by atoms with Crippen molar-refractivity contribution < 1.29 is 17.9 Å². The van der Waals surface area contributed by atoms with Gasteiger partial charge in [0.1, 0.15) is 4.90 Å². The van der Waals surface area contributed by atoms with Crippen LogP contribution in [0.25, 0.3) is 0 Å². The minimum atomic E-state index is -3.52. The Balaban J connectivity index is 1.68. The van der Waals surface area contributed by atoms with E-state index in [1.165, 1.54) is 0 Å². The number of rotatable bonds is 6. The number of carbonyl (C=O) groups is 1. The van der Waals surface area contributed by atoms with Crippen molar-refractivity contribution in [3.05, 3.63) is 11.4 Å². The number of hydrogen-bond donors (Lipinski definition) is 0. The fourth-order valence-electron chi connectivity index (χ4n) is 4.31. The van der Waals surface area contributed by atoms with E-state index < -0.39 is 10.0 Å². The molecule has 0 amide bonds. The van der Waals surface area contributed by atoms with Crippen LogP contribution in [0, 0.1) is 25.7 Å². The molecule has 2 fully saturated rings. The largest absolute Gasteiger partial charge is 0.466 e. The number of aryl methyl sites for hydroxylation is 1. The van der Waals surface area contributed by atoms with Crippen molar-refractivity contribution >= 4 is 16.0 Å². The van der Waals surface area contributed by atoms with Gasteiger partial charge >= 0.3 is 5.97 Å². The van der Waals surface area contributed by atoms with Crippen LogP contribution in [-0.4, -0.2) is 66.2 Å². The molecule has 1 aromatic heterocycles. The molecular weight excluding hydrogens is 392 g/mol. The normalized spacial score (nSPS) is 20.8. The topological polar surface area (TPSA) is 84.7 Å². The molecule has 1 aromatic rings. The Kier molecular flexibility index (Phi) is 7.01. The smallest absolute Gasteiger partial charge is 0.309 e. The standard InChI is InChI=1S/C20H34N4O4S/c1-5-28-20(25)18-8-10-22(11-9-18)14-24-17(4)19(16(3)21-24)29(26,27)23-12-6-15(2)7-13-23/h15,18H,5-14H2,1-4H3. The molecule has 3 heterocycles. The molecule has 0 atom stereocenters. The number of ether oxygens (including phenoxy) is 1. The van der Waals surface area contributed by atoms with Crippen molar-refractivity contribution in [2.24, 2.45) is 11.8 Å². The van der Waals surface area contributed by atoms with Gasteiger partial charge in [-0.1, -0.05) is 6.92 Å². The van der Waals surface area contributed by atoms with Crippen LogP contribution < -0.4 is 0 Å². The zero-order valence-corrected chi connectivity index (χ0v) is 18.9. The summed E-state index contributed by atoms with van der Waals surface area (Å²) in [6.07, 6.45) is 3.33. The molecule has 0 N–H and O–H groups in total. The number of esters is 1. The molecule has 0 spiro atoms. The van der Waals surface area contributed by atoms with Crippen LogP contribution in [0.15, 0.2) is 4.90 Å². The molecule has 29 heavy (non-hydrogen) atoms. The second-order valence-electron chi connectivity index (χ2n) is 8.37. The Hall–Kier alpha value is -1.45. The first kappa shape index (κ1) is 22.2. The van der Waals surface area contributed by atoms with Crippen LogP contribution in [0.5, 0.6) is 0 Å².